The molecule has 7 heteroatoms. The zero-order valence-corrected chi connectivity index (χ0v) is 15.6. The fraction of sp³-hybridized carbons (Fsp3) is 0.316. The van der Waals surface area contributed by atoms with Crippen LogP contribution in [0.2, 0.25) is 10.0 Å². The molecule has 1 amide bonds. The van der Waals surface area contributed by atoms with Crippen LogP contribution in [0.25, 0.3) is 0 Å². The molecular formula is C19H19Cl2FN2O2. The fourth-order valence-electron chi connectivity index (χ4n) is 2.90. The van der Waals surface area contributed by atoms with E-state index in [4.69, 9.17) is 27.9 Å². The first-order valence-electron chi connectivity index (χ1n) is 8.39. The number of amides is 1. The lowest BCUT2D eigenvalue weighted by Gasteiger charge is -2.36. The monoisotopic (exact) mass is 396 g/mol. The number of rotatable bonds is 5. The summed E-state index contributed by atoms with van der Waals surface area (Å²) in [6, 6.07) is 11.4. The minimum absolute atomic E-state index is 0.0262. The quantitative estimate of drug-likeness (QED) is 0.756. The molecule has 138 valence electrons. The summed E-state index contributed by atoms with van der Waals surface area (Å²) < 4.78 is 18.5. The fourth-order valence-corrected chi connectivity index (χ4v) is 3.32. The van der Waals surface area contributed by atoms with Crippen LogP contribution in [0.3, 0.4) is 0 Å². The van der Waals surface area contributed by atoms with Crippen LogP contribution in [0.1, 0.15) is 6.42 Å². The van der Waals surface area contributed by atoms with E-state index in [9.17, 15) is 9.18 Å². The molecule has 0 aromatic heterocycles. The maximum absolute atomic E-state index is 13.1. The van der Waals surface area contributed by atoms with Crippen molar-refractivity contribution in [3.63, 3.8) is 0 Å². The van der Waals surface area contributed by atoms with E-state index in [0.29, 0.717) is 42.0 Å². The zero-order chi connectivity index (χ0) is 18.5. The number of nitrogens with zero attached hydrogens (tertiary/aromatic N) is 2. The van der Waals surface area contributed by atoms with E-state index in [2.05, 4.69) is 4.90 Å². The molecular weight excluding hydrogens is 378 g/mol. The zero-order valence-electron chi connectivity index (χ0n) is 14.1. The molecule has 0 atom stereocenters. The number of benzene rings is 2. The van der Waals surface area contributed by atoms with Crippen molar-refractivity contribution in [1.29, 1.82) is 0 Å². The molecule has 4 nitrogen and oxygen atoms in total. The number of hydrogen-bond acceptors (Lipinski definition) is 3. The van der Waals surface area contributed by atoms with Gasteiger partial charge < -0.3 is 14.5 Å². The van der Waals surface area contributed by atoms with Crippen LogP contribution < -0.4 is 9.64 Å². The third-order valence-corrected chi connectivity index (χ3v) is 5.09. The molecule has 1 aliphatic rings. The Kier molecular flexibility index (Phi) is 6.22. The lowest BCUT2D eigenvalue weighted by Crippen LogP contribution is -2.49. The summed E-state index contributed by atoms with van der Waals surface area (Å²) in [5.41, 5.74) is 0.890. The van der Waals surface area contributed by atoms with Gasteiger partial charge in [-0.25, -0.2) is 4.39 Å². The SMILES string of the molecule is O=C(CCOc1cccc(F)c1)N1CCN(c2cccc(Cl)c2Cl)CC1. The molecule has 26 heavy (non-hydrogen) atoms. The third-order valence-electron chi connectivity index (χ3n) is 4.29. The average Bonchev–Trinajstić information content (AvgIpc) is 2.64. The van der Waals surface area contributed by atoms with E-state index < -0.39 is 0 Å². The first-order valence-corrected chi connectivity index (χ1v) is 9.15. The molecule has 0 aliphatic carbocycles. The maximum atomic E-state index is 13.1. The summed E-state index contributed by atoms with van der Waals surface area (Å²) in [7, 11) is 0. The van der Waals surface area contributed by atoms with Crippen molar-refractivity contribution in [2.24, 2.45) is 0 Å². The highest BCUT2D eigenvalue weighted by molar-refractivity contribution is 6.43. The van der Waals surface area contributed by atoms with E-state index in [-0.39, 0.29) is 24.8 Å². The summed E-state index contributed by atoms with van der Waals surface area (Å²) in [6.45, 7) is 2.83. The molecule has 0 N–H and O–H groups in total. The minimum atomic E-state index is -0.357. The molecule has 0 saturated carbocycles. The molecule has 2 aromatic carbocycles. The number of halogens is 3. The number of anilines is 1. The first kappa shape index (κ1) is 18.8. The van der Waals surface area contributed by atoms with Gasteiger partial charge in [-0.05, 0) is 24.3 Å². The molecule has 1 fully saturated rings. The van der Waals surface area contributed by atoms with Gasteiger partial charge in [0.2, 0.25) is 5.91 Å². The maximum Gasteiger partial charge on any atom is 0.226 e. The molecule has 2 aromatic rings. The second-order valence-corrected chi connectivity index (χ2v) is 6.78. The van der Waals surface area contributed by atoms with E-state index >= 15 is 0 Å². The predicted molar refractivity (Wildman–Crippen MR) is 102 cm³/mol. The number of carbonyl (C=O) groups excluding carboxylic acids is 1. The smallest absolute Gasteiger partial charge is 0.226 e. The molecule has 1 heterocycles. The summed E-state index contributed by atoms with van der Waals surface area (Å²) in [6.07, 6.45) is 0.258. The van der Waals surface area contributed by atoms with Crippen molar-refractivity contribution in [3.8, 4) is 5.75 Å². The number of ether oxygens (including phenoxy) is 1. The lowest BCUT2D eigenvalue weighted by atomic mass is 10.2. The molecule has 0 spiro atoms. The predicted octanol–water partition coefficient (Wildman–Crippen LogP) is 4.25. The van der Waals surface area contributed by atoms with Crippen molar-refractivity contribution in [2.75, 3.05) is 37.7 Å². The number of hydrogen-bond donors (Lipinski definition) is 0. The molecule has 1 aliphatic heterocycles. The Morgan fingerprint density at radius 1 is 1.08 bits per heavy atom. The Balaban J connectivity index is 1.47. The second-order valence-electron chi connectivity index (χ2n) is 6.00. The van der Waals surface area contributed by atoms with Crippen molar-refractivity contribution in [1.82, 2.24) is 4.90 Å². The first-order chi connectivity index (χ1) is 12.5. The van der Waals surface area contributed by atoms with Crippen LogP contribution >= 0.6 is 23.2 Å². The third kappa shape index (κ3) is 4.59. The van der Waals surface area contributed by atoms with Crippen molar-refractivity contribution >= 4 is 34.8 Å². The molecule has 3 rings (SSSR count). The topological polar surface area (TPSA) is 32.8 Å². The normalized spacial score (nSPS) is 14.4. The van der Waals surface area contributed by atoms with Gasteiger partial charge in [0.1, 0.15) is 11.6 Å². The van der Waals surface area contributed by atoms with Gasteiger partial charge in [0, 0.05) is 32.2 Å². The van der Waals surface area contributed by atoms with Gasteiger partial charge in [0.25, 0.3) is 0 Å². The van der Waals surface area contributed by atoms with Gasteiger partial charge >= 0.3 is 0 Å². The van der Waals surface area contributed by atoms with Gasteiger partial charge in [-0.15, -0.1) is 0 Å². The molecule has 0 bridgehead atoms. The van der Waals surface area contributed by atoms with E-state index in [1.165, 1.54) is 12.1 Å². The summed E-state index contributed by atoms with van der Waals surface area (Å²) in [4.78, 5) is 16.3. The van der Waals surface area contributed by atoms with Crippen molar-refractivity contribution < 1.29 is 13.9 Å². The van der Waals surface area contributed by atoms with Gasteiger partial charge in [0.15, 0.2) is 0 Å². The van der Waals surface area contributed by atoms with Crippen LogP contribution in [0.4, 0.5) is 10.1 Å². The Labute approximate surface area is 162 Å². The van der Waals surface area contributed by atoms with Crippen molar-refractivity contribution in [3.05, 3.63) is 58.3 Å². The standard InChI is InChI=1S/C19H19Cl2FN2O2/c20-16-5-2-6-17(19(16)21)23-8-10-24(11-9-23)18(25)7-12-26-15-4-1-3-14(22)13-15/h1-6,13H,7-12H2. The Morgan fingerprint density at radius 3 is 2.54 bits per heavy atom. The largest absolute Gasteiger partial charge is 0.493 e. The molecule has 0 unspecified atom stereocenters. The Morgan fingerprint density at radius 2 is 1.81 bits per heavy atom. The summed E-state index contributed by atoms with van der Waals surface area (Å²) in [5, 5.41) is 1.06. The average molecular weight is 397 g/mol. The lowest BCUT2D eigenvalue weighted by molar-refractivity contribution is -0.132. The van der Waals surface area contributed by atoms with Crippen LogP contribution in [-0.2, 0) is 4.79 Å². The second kappa shape index (κ2) is 8.60. The van der Waals surface area contributed by atoms with Crippen LogP contribution in [0.15, 0.2) is 42.5 Å². The van der Waals surface area contributed by atoms with Crippen LogP contribution in [-0.4, -0.2) is 43.6 Å². The number of piperazine rings is 1. The summed E-state index contributed by atoms with van der Waals surface area (Å²) >= 11 is 12.3. The summed E-state index contributed by atoms with van der Waals surface area (Å²) in [5.74, 6) is 0.0982. The minimum Gasteiger partial charge on any atom is -0.493 e. The highest BCUT2D eigenvalue weighted by Gasteiger charge is 2.22. The molecule has 1 saturated heterocycles. The van der Waals surface area contributed by atoms with E-state index in [1.807, 2.05) is 17.0 Å². The Bertz CT molecular complexity index is 780. The van der Waals surface area contributed by atoms with Gasteiger partial charge in [0.05, 0.1) is 28.8 Å². The van der Waals surface area contributed by atoms with Gasteiger partial charge in [-0.1, -0.05) is 35.3 Å². The van der Waals surface area contributed by atoms with E-state index in [0.717, 1.165) is 5.69 Å². The van der Waals surface area contributed by atoms with Crippen molar-refractivity contribution in [2.45, 2.75) is 6.42 Å². The van der Waals surface area contributed by atoms with Gasteiger partial charge in [-0.2, -0.15) is 0 Å². The highest BCUT2D eigenvalue weighted by Crippen LogP contribution is 2.32. The van der Waals surface area contributed by atoms with Crippen LogP contribution in [0, 0.1) is 5.82 Å². The Hall–Kier alpha value is -1.98. The highest BCUT2D eigenvalue weighted by atomic mass is 35.5. The van der Waals surface area contributed by atoms with E-state index in [1.54, 1.807) is 18.2 Å². The van der Waals surface area contributed by atoms with Gasteiger partial charge in [-0.3, -0.25) is 4.79 Å². The molecule has 0 radical (unpaired) electrons. The number of carbonyl (C=O) groups is 1. The van der Waals surface area contributed by atoms with Crippen LogP contribution in [0.5, 0.6) is 5.75 Å².